The molecule has 0 bridgehead atoms. The molecule has 2 aromatic carbocycles. The third-order valence-corrected chi connectivity index (χ3v) is 3.54. The van der Waals surface area contributed by atoms with Gasteiger partial charge in [-0.15, -0.1) is 0 Å². The van der Waals surface area contributed by atoms with Gasteiger partial charge in [0, 0.05) is 10.9 Å². The SMILES string of the molecule is COC(=O)Cc1ccc2occ(-c3ccc(C#N)cc3)c2c1. The lowest BCUT2D eigenvalue weighted by molar-refractivity contribution is -0.139. The lowest BCUT2D eigenvalue weighted by Gasteiger charge is -2.02. The maximum atomic E-state index is 11.4. The molecule has 3 rings (SSSR count). The van der Waals surface area contributed by atoms with Crippen molar-refractivity contribution in [1.29, 1.82) is 5.26 Å². The number of rotatable bonds is 3. The lowest BCUT2D eigenvalue weighted by Crippen LogP contribution is -2.04. The Hall–Kier alpha value is -3.06. The van der Waals surface area contributed by atoms with Gasteiger partial charge in [0.15, 0.2) is 0 Å². The largest absolute Gasteiger partial charge is 0.469 e. The summed E-state index contributed by atoms with van der Waals surface area (Å²) in [5.74, 6) is -0.275. The Morgan fingerprint density at radius 2 is 2.00 bits per heavy atom. The van der Waals surface area contributed by atoms with Crippen molar-refractivity contribution in [2.24, 2.45) is 0 Å². The fourth-order valence-corrected chi connectivity index (χ4v) is 2.37. The number of nitriles is 1. The van der Waals surface area contributed by atoms with E-state index >= 15 is 0 Å². The van der Waals surface area contributed by atoms with Crippen LogP contribution in [0.15, 0.2) is 53.1 Å². The Labute approximate surface area is 127 Å². The Morgan fingerprint density at radius 3 is 2.68 bits per heavy atom. The van der Waals surface area contributed by atoms with E-state index in [1.807, 2.05) is 30.3 Å². The summed E-state index contributed by atoms with van der Waals surface area (Å²) in [6.07, 6.45) is 1.92. The van der Waals surface area contributed by atoms with Gasteiger partial charge < -0.3 is 9.15 Å². The smallest absolute Gasteiger partial charge is 0.309 e. The third-order valence-electron chi connectivity index (χ3n) is 3.54. The second kappa shape index (κ2) is 5.74. The first-order chi connectivity index (χ1) is 10.7. The molecule has 0 spiro atoms. The second-order valence-corrected chi connectivity index (χ2v) is 4.92. The average molecular weight is 291 g/mol. The third kappa shape index (κ3) is 2.57. The number of carbonyl (C=O) groups excluding carboxylic acids is 1. The van der Waals surface area contributed by atoms with Crippen molar-refractivity contribution in [3.05, 3.63) is 59.9 Å². The van der Waals surface area contributed by atoms with Crippen molar-refractivity contribution in [1.82, 2.24) is 0 Å². The molecule has 4 heteroatoms. The summed E-state index contributed by atoms with van der Waals surface area (Å²) in [5.41, 5.74) is 4.14. The van der Waals surface area contributed by atoms with E-state index in [0.717, 1.165) is 27.7 Å². The van der Waals surface area contributed by atoms with Crippen molar-refractivity contribution in [2.45, 2.75) is 6.42 Å². The van der Waals surface area contributed by atoms with E-state index in [1.54, 1.807) is 18.4 Å². The number of hydrogen-bond acceptors (Lipinski definition) is 4. The van der Waals surface area contributed by atoms with Crippen molar-refractivity contribution < 1.29 is 13.9 Å². The number of esters is 1. The molecule has 0 aliphatic rings. The van der Waals surface area contributed by atoms with Gasteiger partial charge >= 0.3 is 5.97 Å². The van der Waals surface area contributed by atoms with Crippen LogP contribution in [0.2, 0.25) is 0 Å². The van der Waals surface area contributed by atoms with Crippen molar-refractivity contribution in [2.75, 3.05) is 7.11 Å². The van der Waals surface area contributed by atoms with E-state index in [4.69, 9.17) is 14.4 Å². The van der Waals surface area contributed by atoms with Gasteiger partial charge in [0.1, 0.15) is 5.58 Å². The molecule has 1 heterocycles. The molecule has 1 aromatic heterocycles. The summed E-state index contributed by atoms with van der Waals surface area (Å²) in [4.78, 5) is 11.4. The number of benzene rings is 2. The molecule has 0 amide bonds. The minimum absolute atomic E-state index is 0.227. The zero-order chi connectivity index (χ0) is 15.5. The van der Waals surface area contributed by atoms with Crippen LogP contribution >= 0.6 is 0 Å². The predicted octanol–water partition coefficient (Wildman–Crippen LogP) is 3.69. The van der Waals surface area contributed by atoms with Crippen molar-refractivity contribution in [3.63, 3.8) is 0 Å². The molecular formula is C18H13NO3. The molecule has 0 unspecified atom stereocenters. The topological polar surface area (TPSA) is 63.2 Å². The highest BCUT2D eigenvalue weighted by Gasteiger charge is 2.11. The van der Waals surface area contributed by atoms with Crippen LogP contribution < -0.4 is 0 Å². The minimum atomic E-state index is -0.275. The summed E-state index contributed by atoms with van der Waals surface area (Å²) in [5, 5.41) is 9.80. The Kier molecular flexibility index (Phi) is 3.63. The van der Waals surface area contributed by atoms with Crippen LogP contribution in [-0.4, -0.2) is 13.1 Å². The fourth-order valence-electron chi connectivity index (χ4n) is 2.37. The van der Waals surface area contributed by atoms with Crippen LogP contribution in [0.5, 0.6) is 0 Å². The van der Waals surface area contributed by atoms with E-state index in [-0.39, 0.29) is 12.4 Å². The summed E-state index contributed by atoms with van der Waals surface area (Å²) in [6.45, 7) is 0. The molecule has 0 saturated heterocycles. The van der Waals surface area contributed by atoms with Crippen LogP contribution in [0.25, 0.3) is 22.1 Å². The maximum Gasteiger partial charge on any atom is 0.309 e. The Balaban J connectivity index is 2.04. The van der Waals surface area contributed by atoms with Gasteiger partial charge in [-0.3, -0.25) is 4.79 Å². The first kappa shape index (κ1) is 13.9. The maximum absolute atomic E-state index is 11.4. The molecule has 0 saturated carbocycles. The second-order valence-electron chi connectivity index (χ2n) is 4.92. The molecule has 0 N–H and O–H groups in total. The average Bonchev–Trinajstić information content (AvgIpc) is 2.98. The van der Waals surface area contributed by atoms with Crippen LogP contribution in [-0.2, 0) is 16.0 Å². The minimum Gasteiger partial charge on any atom is -0.469 e. The number of methoxy groups -OCH3 is 1. The van der Waals surface area contributed by atoms with Crippen LogP contribution in [0.4, 0.5) is 0 Å². The monoisotopic (exact) mass is 291 g/mol. The quantitative estimate of drug-likeness (QED) is 0.690. The Bertz CT molecular complexity index is 869. The molecule has 3 aromatic rings. The number of nitrogens with zero attached hydrogens (tertiary/aromatic N) is 1. The molecule has 0 fully saturated rings. The van der Waals surface area contributed by atoms with E-state index in [1.165, 1.54) is 7.11 Å². The highest BCUT2D eigenvalue weighted by Crippen LogP contribution is 2.31. The van der Waals surface area contributed by atoms with E-state index in [2.05, 4.69) is 6.07 Å². The van der Waals surface area contributed by atoms with Crippen molar-refractivity contribution in [3.8, 4) is 17.2 Å². The van der Waals surface area contributed by atoms with Gasteiger partial charge in [0.2, 0.25) is 0 Å². The summed E-state index contributed by atoms with van der Waals surface area (Å²) < 4.78 is 10.3. The first-order valence-corrected chi connectivity index (χ1v) is 6.79. The standard InChI is InChI=1S/C18H13NO3/c1-21-18(20)9-13-4-7-17-15(8-13)16(11-22-17)14-5-2-12(10-19)3-6-14/h2-8,11H,9H2,1H3. The van der Waals surface area contributed by atoms with E-state index in [0.29, 0.717) is 5.56 Å². The highest BCUT2D eigenvalue weighted by molar-refractivity contribution is 5.94. The fraction of sp³-hybridized carbons (Fsp3) is 0.111. The first-order valence-electron chi connectivity index (χ1n) is 6.79. The molecule has 0 radical (unpaired) electrons. The molecule has 0 aliphatic carbocycles. The van der Waals surface area contributed by atoms with Gasteiger partial charge in [-0.2, -0.15) is 5.26 Å². The number of fused-ring (bicyclic) bond motifs is 1. The highest BCUT2D eigenvalue weighted by atomic mass is 16.5. The van der Waals surface area contributed by atoms with Crippen LogP contribution in [0.3, 0.4) is 0 Å². The van der Waals surface area contributed by atoms with E-state index in [9.17, 15) is 4.79 Å². The van der Waals surface area contributed by atoms with Crippen molar-refractivity contribution >= 4 is 16.9 Å². The van der Waals surface area contributed by atoms with E-state index < -0.39 is 0 Å². The lowest BCUT2D eigenvalue weighted by atomic mass is 10.0. The predicted molar refractivity (Wildman–Crippen MR) is 82.1 cm³/mol. The van der Waals surface area contributed by atoms with Gasteiger partial charge in [0.25, 0.3) is 0 Å². The summed E-state index contributed by atoms with van der Waals surface area (Å²) in [6, 6.07) is 15.0. The molecule has 0 atom stereocenters. The molecular weight excluding hydrogens is 278 g/mol. The molecule has 0 aliphatic heterocycles. The summed E-state index contributed by atoms with van der Waals surface area (Å²) in [7, 11) is 1.38. The Morgan fingerprint density at radius 1 is 1.23 bits per heavy atom. The van der Waals surface area contributed by atoms with Gasteiger partial charge in [-0.05, 0) is 35.4 Å². The normalized spacial score (nSPS) is 10.4. The molecule has 22 heavy (non-hydrogen) atoms. The van der Waals surface area contributed by atoms with Crippen LogP contribution in [0, 0.1) is 11.3 Å². The van der Waals surface area contributed by atoms with Gasteiger partial charge in [-0.1, -0.05) is 18.2 Å². The molecule has 108 valence electrons. The number of furan rings is 1. The van der Waals surface area contributed by atoms with Gasteiger partial charge in [-0.25, -0.2) is 0 Å². The number of ether oxygens (including phenoxy) is 1. The van der Waals surface area contributed by atoms with Gasteiger partial charge in [0.05, 0.1) is 31.4 Å². The number of hydrogen-bond donors (Lipinski definition) is 0. The zero-order valence-corrected chi connectivity index (χ0v) is 12.0. The summed E-state index contributed by atoms with van der Waals surface area (Å²) >= 11 is 0. The van der Waals surface area contributed by atoms with Crippen LogP contribution in [0.1, 0.15) is 11.1 Å². The molecule has 4 nitrogen and oxygen atoms in total. The number of carbonyl (C=O) groups is 1. The zero-order valence-electron chi connectivity index (χ0n) is 12.0.